The van der Waals surface area contributed by atoms with Crippen LogP contribution in [0.2, 0.25) is 0 Å². The summed E-state index contributed by atoms with van der Waals surface area (Å²) in [6.45, 7) is 0.801. The number of nitrogens with one attached hydrogen (secondary N) is 1. The van der Waals surface area contributed by atoms with E-state index in [2.05, 4.69) is 5.32 Å². The molecule has 1 aliphatic carbocycles. The van der Waals surface area contributed by atoms with Crippen LogP contribution < -0.4 is 5.32 Å². The molecule has 1 saturated carbocycles. The highest BCUT2D eigenvalue weighted by molar-refractivity contribution is 5.78. The Labute approximate surface area is 120 Å². The van der Waals surface area contributed by atoms with Crippen molar-refractivity contribution in [3.63, 3.8) is 0 Å². The molecule has 0 bridgehead atoms. The van der Waals surface area contributed by atoms with Crippen molar-refractivity contribution in [3.05, 3.63) is 0 Å². The Morgan fingerprint density at radius 1 is 1.20 bits per heavy atom. The van der Waals surface area contributed by atoms with Crippen LogP contribution in [0.1, 0.15) is 64.2 Å². The van der Waals surface area contributed by atoms with E-state index >= 15 is 0 Å². The van der Waals surface area contributed by atoms with Crippen LogP contribution in [-0.2, 0) is 14.3 Å². The average Bonchev–Trinajstić information content (AvgIpc) is 2.89. The fourth-order valence-corrected chi connectivity index (χ4v) is 3.39. The molecule has 2 rings (SSSR count). The van der Waals surface area contributed by atoms with Crippen LogP contribution in [0.4, 0.5) is 0 Å². The average molecular weight is 283 g/mol. The predicted octanol–water partition coefficient (Wildman–Crippen LogP) is 2.24. The van der Waals surface area contributed by atoms with Crippen molar-refractivity contribution in [1.82, 2.24) is 5.32 Å². The lowest BCUT2D eigenvalue weighted by atomic mass is 9.79. The van der Waals surface area contributed by atoms with Crippen LogP contribution in [0.15, 0.2) is 0 Å². The number of carbonyl (C=O) groups is 2. The summed E-state index contributed by atoms with van der Waals surface area (Å²) in [5, 5.41) is 12.1. The van der Waals surface area contributed by atoms with Crippen LogP contribution in [0.25, 0.3) is 0 Å². The van der Waals surface area contributed by atoms with Gasteiger partial charge in [-0.1, -0.05) is 19.3 Å². The summed E-state index contributed by atoms with van der Waals surface area (Å²) in [7, 11) is 0. The minimum Gasteiger partial charge on any atom is -0.481 e. The lowest BCUT2D eigenvalue weighted by Gasteiger charge is -2.37. The number of hydrogen-bond donors (Lipinski definition) is 2. The van der Waals surface area contributed by atoms with Crippen molar-refractivity contribution in [2.75, 3.05) is 6.61 Å². The first kappa shape index (κ1) is 15.3. The van der Waals surface area contributed by atoms with Gasteiger partial charge in [-0.15, -0.1) is 0 Å². The molecular weight excluding hydrogens is 258 g/mol. The Bertz CT molecular complexity index is 344. The molecule has 1 aliphatic heterocycles. The zero-order chi connectivity index (χ0) is 14.4. The SMILES string of the molecule is O=C(O)CC1(NC(=O)CCC2CCCO2)CCCCC1. The van der Waals surface area contributed by atoms with E-state index < -0.39 is 11.5 Å². The van der Waals surface area contributed by atoms with Gasteiger partial charge in [0, 0.05) is 13.0 Å². The molecule has 1 heterocycles. The molecule has 5 nitrogen and oxygen atoms in total. The minimum absolute atomic E-state index is 0.0244. The van der Waals surface area contributed by atoms with Crippen molar-refractivity contribution >= 4 is 11.9 Å². The van der Waals surface area contributed by atoms with E-state index in [1.54, 1.807) is 0 Å². The topological polar surface area (TPSA) is 75.6 Å². The predicted molar refractivity (Wildman–Crippen MR) is 74.4 cm³/mol. The minimum atomic E-state index is -0.827. The fourth-order valence-electron chi connectivity index (χ4n) is 3.39. The molecule has 5 heteroatoms. The Balaban J connectivity index is 1.82. The molecule has 1 unspecified atom stereocenters. The first-order valence-electron chi connectivity index (χ1n) is 7.74. The van der Waals surface area contributed by atoms with E-state index in [1.807, 2.05) is 0 Å². The maximum atomic E-state index is 12.1. The molecule has 1 atom stereocenters. The van der Waals surface area contributed by atoms with Crippen molar-refractivity contribution in [2.24, 2.45) is 0 Å². The molecule has 20 heavy (non-hydrogen) atoms. The smallest absolute Gasteiger partial charge is 0.305 e. The van der Waals surface area contributed by atoms with Crippen LogP contribution in [0.5, 0.6) is 0 Å². The molecule has 1 amide bonds. The quantitative estimate of drug-likeness (QED) is 0.784. The molecule has 0 radical (unpaired) electrons. The molecule has 0 aromatic rings. The van der Waals surface area contributed by atoms with E-state index in [0.29, 0.717) is 6.42 Å². The number of carboxylic acids is 1. The monoisotopic (exact) mass is 283 g/mol. The van der Waals surface area contributed by atoms with Gasteiger partial charge >= 0.3 is 5.97 Å². The maximum Gasteiger partial charge on any atom is 0.305 e. The fraction of sp³-hybridized carbons (Fsp3) is 0.867. The first-order chi connectivity index (χ1) is 9.60. The number of carboxylic acid groups (broad SMARTS) is 1. The van der Waals surface area contributed by atoms with E-state index in [9.17, 15) is 9.59 Å². The van der Waals surface area contributed by atoms with E-state index in [1.165, 1.54) is 0 Å². The van der Waals surface area contributed by atoms with Gasteiger partial charge < -0.3 is 15.2 Å². The molecular formula is C15H25NO4. The summed E-state index contributed by atoms with van der Waals surface area (Å²) in [5.74, 6) is -0.852. The molecule has 2 N–H and O–H groups in total. The van der Waals surface area contributed by atoms with Crippen molar-refractivity contribution in [2.45, 2.75) is 75.9 Å². The van der Waals surface area contributed by atoms with Crippen molar-refractivity contribution in [3.8, 4) is 0 Å². The number of hydrogen-bond acceptors (Lipinski definition) is 3. The zero-order valence-corrected chi connectivity index (χ0v) is 12.0. The number of carbonyl (C=O) groups excluding carboxylic acids is 1. The van der Waals surface area contributed by atoms with Gasteiger partial charge in [0.2, 0.25) is 5.91 Å². The normalized spacial score (nSPS) is 25.3. The Kier molecular flexibility index (Phi) is 5.40. The Morgan fingerprint density at radius 2 is 1.95 bits per heavy atom. The lowest BCUT2D eigenvalue weighted by Crippen LogP contribution is -2.51. The van der Waals surface area contributed by atoms with Crippen LogP contribution in [0.3, 0.4) is 0 Å². The third kappa shape index (κ3) is 4.47. The van der Waals surface area contributed by atoms with Gasteiger partial charge in [0.15, 0.2) is 0 Å². The number of rotatable bonds is 6. The number of ether oxygens (including phenoxy) is 1. The van der Waals surface area contributed by atoms with Crippen LogP contribution in [0, 0.1) is 0 Å². The summed E-state index contributed by atoms with van der Waals surface area (Å²) in [6, 6.07) is 0. The van der Waals surface area contributed by atoms with Crippen LogP contribution in [-0.4, -0.2) is 35.2 Å². The van der Waals surface area contributed by atoms with Gasteiger partial charge in [0.25, 0.3) is 0 Å². The second-order valence-corrected chi connectivity index (χ2v) is 6.13. The molecule has 2 fully saturated rings. The summed E-state index contributed by atoms with van der Waals surface area (Å²) in [4.78, 5) is 23.1. The lowest BCUT2D eigenvalue weighted by molar-refractivity contribution is -0.139. The second kappa shape index (κ2) is 7.07. The van der Waals surface area contributed by atoms with Gasteiger partial charge in [-0.05, 0) is 32.1 Å². The standard InChI is InChI=1S/C15H25NO4/c17-13(7-6-12-5-4-10-20-12)16-15(11-14(18)19)8-2-1-3-9-15/h12H,1-11H2,(H,16,17)(H,18,19). The molecule has 0 aromatic heterocycles. The van der Waals surface area contributed by atoms with Gasteiger partial charge in [-0.3, -0.25) is 9.59 Å². The second-order valence-electron chi connectivity index (χ2n) is 6.13. The first-order valence-corrected chi connectivity index (χ1v) is 7.74. The summed E-state index contributed by atoms with van der Waals surface area (Å²) in [6.07, 6.45) is 8.24. The van der Waals surface area contributed by atoms with Crippen molar-refractivity contribution in [1.29, 1.82) is 0 Å². The molecule has 114 valence electrons. The third-order valence-corrected chi connectivity index (χ3v) is 4.42. The Morgan fingerprint density at radius 3 is 2.55 bits per heavy atom. The van der Waals surface area contributed by atoms with Crippen LogP contribution >= 0.6 is 0 Å². The highest BCUT2D eigenvalue weighted by atomic mass is 16.5. The maximum absolute atomic E-state index is 12.1. The summed E-state index contributed by atoms with van der Waals surface area (Å²) >= 11 is 0. The highest BCUT2D eigenvalue weighted by Gasteiger charge is 2.35. The van der Waals surface area contributed by atoms with Gasteiger partial charge in [0.1, 0.15) is 0 Å². The van der Waals surface area contributed by atoms with Gasteiger partial charge in [-0.2, -0.15) is 0 Å². The third-order valence-electron chi connectivity index (χ3n) is 4.42. The van der Waals surface area contributed by atoms with E-state index in [4.69, 9.17) is 9.84 Å². The Hall–Kier alpha value is -1.10. The highest BCUT2D eigenvalue weighted by Crippen LogP contribution is 2.31. The molecule has 2 aliphatic rings. The van der Waals surface area contributed by atoms with E-state index in [-0.39, 0.29) is 18.4 Å². The number of aliphatic carboxylic acids is 1. The number of amides is 1. The molecule has 0 spiro atoms. The summed E-state index contributed by atoms with van der Waals surface area (Å²) < 4.78 is 5.51. The summed E-state index contributed by atoms with van der Waals surface area (Å²) in [5.41, 5.74) is -0.516. The molecule has 1 saturated heterocycles. The molecule has 0 aromatic carbocycles. The van der Waals surface area contributed by atoms with E-state index in [0.717, 1.165) is 58.0 Å². The zero-order valence-electron chi connectivity index (χ0n) is 12.0. The van der Waals surface area contributed by atoms with Crippen molar-refractivity contribution < 1.29 is 19.4 Å². The van der Waals surface area contributed by atoms with Gasteiger partial charge in [0.05, 0.1) is 18.1 Å². The largest absolute Gasteiger partial charge is 0.481 e. The van der Waals surface area contributed by atoms with Gasteiger partial charge in [-0.25, -0.2) is 0 Å².